The largest absolute Gasteiger partial charge is 0.491 e. The van der Waals surface area contributed by atoms with Crippen LogP contribution in [0.3, 0.4) is 0 Å². The molecule has 2 aromatic heterocycles. The van der Waals surface area contributed by atoms with E-state index in [1.54, 1.807) is 22.2 Å². The lowest BCUT2D eigenvalue weighted by Gasteiger charge is -2.23. The number of imidazole rings is 2. The summed E-state index contributed by atoms with van der Waals surface area (Å²) in [6.07, 6.45) is 6.11. The maximum absolute atomic E-state index is 14.3. The number of hydrogen-bond acceptors (Lipinski definition) is 7. The predicted molar refractivity (Wildman–Crippen MR) is 209 cm³/mol. The lowest BCUT2D eigenvalue weighted by atomic mass is 10.1. The molecule has 2 atom stereocenters. The highest BCUT2D eigenvalue weighted by Gasteiger charge is 2.34. The summed E-state index contributed by atoms with van der Waals surface area (Å²) < 4.78 is 72.8. The number of carbonyl (C=O) groups excluding carboxylic acids is 2. The average molecular weight is 809 g/mol. The van der Waals surface area contributed by atoms with Crippen LogP contribution < -0.4 is 14.2 Å². The van der Waals surface area contributed by atoms with Crippen LogP contribution in [0.1, 0.15) is 60.5 Å². The minimum atomic E-state index is -0.857. The zero-order chi connectivity index (χ0) is 41.2. The second-order valence-electron chi connectivity index (χ2n) is 14.5. The van der Waals surface area contributed by atoms with Gasteiger partial charge < -0.3 is 34.0 Å². The molecule has 4 aromatic carbocycles. The Morgan fingerprint density at radius 3 is 1.83 bits per heavy atom. The van der Waals surface area contributed by atoms with Crippen LogP contribution in [0.4, 0.5) is 17.6 Å². The fraction of sp³-hybridized carbons (Fsp3) is 0.273. The standard InChI is InChI=1S/C44H40F4N6O5/c1-57-41-31(45)16-25(17-32(41)46)20-39(55)53-14-4-8-37(53)43-49-23-35(51-43)27-10-12-29(13-11-27)59-30-7-3-6-28(22-30)36-24-50-44(52-36)38-9-5-15-54(38)40(56)21-26-18-33(47)42(58-2)34(48)19-26/h3,6-7,10-13,16-19,22-24,37-38H,4-5,8-9,14-15,20-21H2,1-2H3,(H,49,51)(H,50,52)/t37-,38-/m0/s1. The number of carbonyl (C=O) groups is 2. The molecule has 11 nitrogen and oxygen atoms in total. The van der Waals surface area contributed by atoms with Gasteiger partial charge in [-0.15, -0.1) is 0 Å². The Hall–Kier alpha value is -6.64. The third-order valence-electron chi connectivity index (χ3n) is 10.7. The van der Waals surface area contributed by atoms with Crippen molar-refractivity contribution < 1.29 is 41.4 Å². The van der Waals surface area contributed by atoms with Crippen LogP contribution in [0.2, 0.25) is 0 Å². The molecule has 2 fully saturated rings. The van der Waals surface area contributed by atoms with E-state index in [9.17, 15) is 27.2 Å². The number of H-pyrrole nitrogens is 2. The van der Waals surface area contributed by atoms with Crippen LogP contribution in [0.15, 0.2) is 85.2 Å². The van der Waals surface area contributed by atoms with Gasteiger partial charge in [-0.25, -0.2) is 27.5 Å². The number of rotatable bonds is 12. The summed E-state index contributed by atoms with van der Waals surface area (Å²) in [5.74, 6) is -2.45. The van der Waals surface area contributed by atoms with E-state index in [0.717, 1.165) is 53.9 Å². The second kappa shape index (κ2) is 16.7. The van der Waals surface area contributed by atoms with Gasteiger partial charge in [-0.05, 0) is 103 Å². The molecule has 15 heteroatoms. The Kier molecular flexibility index (Phi) is 11.1. The number of aromatic amines is 2. The molecule has 6 aromatic rings. The molecule has 2 aliphatic heterocycles. The van der Waals surface area contributed by atoms with Gasteiger partial charge in [0.2, 0.25) is 11.8 Å². The molecule has 4 heterocycles. The first kappa shape index (κ1) is 39.2. The number of ether oxygens (including phenoxy) is 3. The van der Waals surface area contributed by atoms with Gasteiger partial charge >= 0.3 is 0 Å². The Balaban J connectivity index is 0.894. The van der Waals surface area contributed by atoms with E-state index in [2.05, 4.69) is 15.0 Å². The second-order valence-corrected chi connectivity index (χ2v) is 14.5. The third-order valence-corrected chi connectivity index (χ3v) is 10.7. The topological polar surface area (TPSA) is 126 Å². The van der Waals surface area contributed by atoms with Gasteiger partial charge in [-0.3, -0.25) is 9.59 Å². The van der Waals surface area contributed by atoms with Gasteiger partial charge in [0.05, 0.1) is 56.7 Å². The molecular weight excluding hydrogens is 769 g/mol. The number of methoxy groups -OCH3 is 2. The summed E-state index contributed by atoms with van der Waals surface area (Å²) >= 11 is 0. The quantitative estimate of drug-likeness (QED) is 0.119. The van der Waals surface area contributed by atoms with E-state index >= 15 is 0 Å². The summed E-state index contributed by atoms with van der Waals surface area (Å²) in [4.78, 5) is 45.9. The van der Waals surface area contributed by atoms with Crippen molar-refractivity contribution in [1.82, 2.24) is 29.7 Å². The summed E-state index contributed by atoms with van der Waals surface area (Å²) in [6.45, 7) is 1.01. The predicted octanol–water partition coefficient (Wildman–Crippen LogP) is 8.65. The van der Waals surface area contributed by atoms with Gasteiger partial charge in [-0.1, -0.05) is 12.1 Å². The summed E-state index contributed by atoms with van der Waals surface area (Å²) in [5.41, 5.74) is 3.54. The molecule has 0 unspecified atom stereocenters. The van der Waals surface area contributed by atoms with Crippen molar-refractivity contribution in [1.29, 1.82) is 0 Å². The summed E-state index contributed by atoms with van der Waals surface area (Å²) in [5, 5.41) is 0. The van der Waals surface area contributed by atoms with Gasteiger partial charge in [0.15, 0.2) is 34.8 Å². The van der Waals surface area contributed by atoms with Crippen molar-refractivity contribution in [2.45, 2.75) is 50.6 Å². The molecule has 59 heavy (non-hydrogen) atoms. The average Bonchev–Trinajstić information content (AvgIpc) is 4.05. The minimum absolute atomic E-state index is 0.154. The van der Waals surface area contributed by atoms with E-state index in [4.69, 9.17) is 19.2 Å². The highest BCUT2D eigenvalue weighted by Crippen LogP contribution is 2.36. The molecule has 0 bridgehead atoms. The molecule has 8 rings (SSSR count). The van der Waals surface area contributed by atoms with E-state index in [-0.39, 0.29) is 47.9 Å². The van der Waals surface area contributed by atoms with Crippen molar-refractivity contribution in [2.24, 2.45) is 0 Å². The molecule has 2 saturated heterocycles. The first-order valence-corrected chi connectivity index (χ1v) is 19.2. The Labute approximate surface area is 337 Å². The SMILES string of the molecule is COc1c(F)cc(CC(=O)N2CCC[C@H]2c2nc(-c3cccc(Oc4ccc(-c5cnc([C@@H]6CCCN6C(=O)Cc6cc(F)c(OC)c(F)c6)[nH]5)cc4)c3)c[nH]2)cc1F. The Bertz CT molecular complexity index is 2460. The van der Waals surface area contributed by atoms with Crippen molar-refractivity contribution >= 4 is 11.8 Å². The maximum Gasteiger partial charge on any atom is 0.227 e. The number of likely N-dealkylation sites (tertiary alicyclic amines) is 2. The van der Waals surface area contributed by atoms with Crippen molar-refractivity contribution in [3.63, 3.8) is 0 Å². The highest BCUT2D eigenvalue weighted by atomic mass is 19.1. The zero-order valence-corrected chi connectivity index (χ0v) is 32.2. The molecule has 0 radical (unpaired) electrons. The molecule has 2 N–H and O–H groups in total. The van der Waals surface area contributed by atoms with Gasteiger partial charge in [-0.2, -0.15) is 0 Å². The lowest BCUT2D eigenvalue weighted by Crippen LogP contribution is -2.32. The molecular formula is C44H40F4N6O5. The summed E-state index contributed by atoms with van der Waals surface area (Å²) in [7, 11) is 2.37. The first-order valence-electron chi connectivity index (χ1n) is 19.2. The smallest absolute Gasteiger partial charge is 0.227 e. The van der Waals surface area contributed by atoms with Crippen LogP contribution in [-0.4, -0.2) is 68.9 Å². The van der Waals surface area contributed by atoms with Crippen LogP contribution >= 0.6 is 0 Å². The van der Waals surface area contributed by atoms with Crippen LogP contribution in [0.25, 0.3) is 22.5 Å². The van der Waals surface area contributed by atoms with Crippen LogP contribution in [0, 0.1) is 23.3 Å². The fourth-order valence-electron chi connectivity index (χ4n) is 7.94. The van der Waals surface area contributed by atoms with Gasteiger partial charge in [0.25, 0.3) is 0 Å². The van der Waals surface area contributed by atoms with Gasteiger partial charge in [0.1, 0.15) is 23.1 Å². The maximum atomic E-state index is 14.3. The minimum Gasteiger partial charge on any atom is -0.491 e. The highest BCUT2D eigenvalue weighted by molar-refractivity contribution is 5.80. The first-order chi connectivity index (χ1) is 28.6. The fourth-order valence-corrected chi connectivity index (χ4v) is 7.94. The third kappa shape index (κ3) is 8.22. The van der Waals surface area contributed by atoms with Crippen molar-refractivity contribution in [3.05, 3.63) is 131 Å². The van der Waals surface area contributed by atoms with Crippen molar-refractivity contribution in [3.8, 4) is 45.5 Å². The molecule has 304 valence electrons. The Morgan fingerprint density at radius 1 is 0.712 bits per heavy atom. The van der Waals surface area contributed by atoms with E-state index in [1.807, 2.05) is 48.5 Å². The van der Waals surface area contributed by atoms with E-state index in [0.29, 0.717) is 54.8 Å². The molecule has 0 aliphatic carbocycles. The molecule has 0 spiro atoms. The normalized spacial score (nSPS) is 16.4. The lowest BCUT2D eigenvalue weighted by molar-refractivity contribution is -0.132. The van der Waals surface area contributed by atoms with Crippen LogP contribution in [-0.2, 0) is 22.4 Å². The molecule has 2 aliphatic rings. The number of benzene rings is 4. The van der Waals surface area contributed by atoms with E-state index in [1.165, 1.54) is 14.2 Å². The molecule has 0 saturated carbocycles. The Morgan fingerprint density at radius 2 is 1.27 bits per heavy atom. The number of hydrogen-bond donors (Lipinski definition) is 2. The molecule has 2 amide bonds. The van der Waals surface area contributed by atoms with Crippen LogP contribution in [0.5, 0.6) is 23.0 Å². The number of halogens is 4. The number of amides is 2. The van der Waals surface area contributed by atoms with Gasteiger partial charge in [0, 0.05) is 24.8 Å². The monoisotopic (exact) mass is 808 g/mol. The summed E-state index contributed by atoms with van der Waals surface area (Å²) in [6, 6.07) is 18.8. The number of nitrogens with one attached hydrogen (secondary N) is 2. The van der Waals surface area contributed by atoms with Crippen molar-refractivity contribution in [2.75, 3.05) is 27.3 Å². The number of aromatic nitrogens is 4. The number of nitrogens with zero attached hydrogens (tertiary/aromatic N) is 4. The zero-order valence-electron chi connectivity index (χ0n) is 32.2. The van der Waals surface area contributed by atoms with E-state index < -0.39 is 34.8 Å².